The Labute approximate surface area is 142 Å². The lowest BCUT2D eigenvalue weighted by molar-refractivity contribution is -0.0494. The van der Waals surface area contributed by atoms with E-state index in [1.54, 1.807) is 6.07 Å². The topological polar surface area (TPSA) is 101 Å². The van der Waals surface area contributed by atoms with E-state index in [-0.39, 0.29) is 12.3 Å². The van der Waals surface area contributed by atoms with Gasteiger partial charge in [-0.1, -0.05) is 13.0 Å². The van der Waals surface area contributed by atoms with Crippen molar-refractivity contribution in [3.63, 3.8) is 0 Å². The molecular weight excluding hydrogens is 326 g/mol. The number of sulfonamides is 1. The second kappa shape index (κ2) is 4.96. The molecule has 0 aliphatic heterocycles. The maximum absolute atomic E-state index is 12.1. The van der Waals surface area contributed by atoms with Gasteiger partial charge in [-0.25, -0.2) is 13.6 Å². The van der Waals surface area contributed by atoms with Crippen molar-refractivity contribution in [3.8, 4) is 5.75 Å². The smallest absolute Gasteiger partial charge is 0.239 e. The van der Waals surface area contributed by atoms with Gasteiger partial charge < -0.3 is 10.2 Å². The first-order valence-corrected chi connectivity index (χ1v) is 10.3. The summed E-state index contributed by atoms with van der Waals surface area (Å²) in [6.45, 7) is 1.91. The number of phenolic OH excluding ortho intramolecular Hbond substituents is 1. The molecular formula is C18H25NO4S. The van der Waals surface area contributed by atoms with Gasteiger partial charge in [0.15, 0.2) is 4.93 Å². The van der Waals surface area contributed by atoms with Gasteiger partial charge in [0.05, 0.1) is 0 Å². The normalized spacial score (nSPS) is 41.4. The van der Waals surface area contributed by atoms with Gasteiger partial charge in [-0.3, -0.25) is 0 Å². The maximum atomic E-state index is 12.1. The molecule has 132 valence electrons. The zero-order valence-electron chi connectivity index (χ0n) is 13.9. The third-order valence-corrected chi connectivity index (χ3v) is 8.87. The lowest BCUT2D eigenvalue weighted by atomic mass is 9.55. The van der Waals surface area contributed by atoms with E-state index in [1.807, 2.05) is 19.1 Å². The monoisotopic (exact) mass is 351 g/mol. The van der Waals surface area contributed by atoms with Gasteiger partial charge in [-0.2, -0.15) is 0 Å². The van der Waals surface area contributed by atoms with Crippen molar-refractivity contribution in [2.24, 2.45) is 22.4 Å². The van der Waals surface area contributed by atoms with E-state index >= 15 is 0 Å². The Balaban J connectivity index is 1.74. The number of primary sulfonamides is 1. The van der Waals surface area contributed by atoms with Gasteiger partial charge in [0.1, 0.15) is 5.75 Å². The fourth-order valence-electron chi connectivity index (χ4n) is 6.01. The van der Waals surface area contributed by atoms with Crippen LogP contribution in [-0.4, -0.2) is 23.6 Å². The summed E-state index contributed by atoms with van der Waals surface area (Å²) >= 11 is 0. The van der Waals surface area contributed by atoms with Crippen LogP contribution in [-0.2, 0) is 16.4 Å². The summed E-state index contributed by atoms with van der Waals surface area (Å²) in [5.74, 6) is 1.23. The molecule has 0 radical (unpaired) electrons. The summed E-state index contributed by atoms with van der Waals surface area (Å²) in [5, 5.41) is 26.1. The molecule has 0 unspecified atom stereocenters. The minimum absolute atomic E-state index is 0.168. The SMILES string of the molecule is C[C@]12CC[C@@H]3c4ccc(O)cc4CC[C@H]3[C@@H]1CC[C@]2(O)S(N)(=O)=O. The molecule has 4 rings (SSSR count). The number of phenols is 1. The second-order valence-electron chi connectivity index (χ2n) is 8.12. The summed E-state index contributed by atoms with van der Waals surface area (Å²) in [6, 6.07) is 5.62. The Kier molecular flexibility index (Phi) is 3.38. The number of benzene rings is 1. The molecule has 24 heavy (non-hydrogen) atoms. The van der Waals surface area contributed by atoms with E-state index in [4.69, 9.17) is 5.14 Å². The number of hydrogen-bond acceptors (Lipinski definition) is 4. The molecule has 0 heterocycles. The average Bonchev–Trinajstić information content (AvgIpc) is 2.79. The molecule has 3 aliphatic rings. The molecule has 0 spiro atoms. The predicted octanol–water partition coefficient (Wildman–Crippen LogP) is 2.23. The number of aliphatic hydroxyl groups is 1. The van der Waals surface area contributed by atoms with Crippen molar-refractivity contribution in [2.45, 2.75) is 56.3 Å². The molecule has 0 bridgehead atoms. The summed E-state index contributed by atoms with van der Waals surface area (Å²) in [4.78, 5) is -1.80. The third-order valence-electron chi connectivity index (χ3n) is 7.26. The van der Waals surface area contributed by atoms with Crippen LogP contribution >= 0.6 is 0 Å². The van der Waals surface area contributed by atoms with Crippen molar-refractivity contribution in [1.29, 1.82) is 0 Å². The molecule has 4 N–H and O–H groups in total. The minimum Gasteiger partial charge on any atom is -0.508 e. The van der Waals surface area contributed by atoms with Crippen LogP contribution in [0.4, 0.5) is 0 Å². The quantitative estimate of drug-likeness (QED) is 0.722. The van der Waals surface area contributed by atoms with Crippen LogP contribution in [0.5, 0.6) is 5.75 Å². The largest absolute Gasteiger partial charge is 0.508 e. The first kappa shape index (κ1) is 16.4. The molecule has 1 aromatic rings. The number of aromatic hydroxyl groups is 1. The lowest BCUT2D eigenvalue weighted by Gasteiger charge is -2.52. The van der Waals surface area contributed by atoms with Gasteiger partial charge in [0.2, 0.25) is 10.0 Å². The van der Waals surface area contributed by atoms with Crippen LogP contribution in [0.25, 0.3) is 0 Å². The highest BCUT2D eigenvalue weighted by atomic mass is 32.2. The number of hydrogen-bond donors (Lipinski definition) is 3. The van der Waals surface area contributed by atoms with Crippen molar-refractivity contribution < 1.29 is 18.6 Å². The third kappa shape index (κ3) is 1.96. The summed E-state index contributed by atoms with van der Waals surface area (Å²) in [5.41, 5.74) is 1.83. The molecule has 0 aromatic heterocycles. The fraction of sp³-hybridized carbons (Fsp3) is 0.667. The minimum atomic E-state index is -4.01. The Morgan fingerprint density at radius 3 is 2.67 bits per heavy atom. The van der Waals surface area contributed by atoms with Gasteiger partial charge in [-0.15, -0.1) is 0 Å². The molecule has 6 heteroatoms. The molecule has 0 saturated heterocycles. The standard InChI is InChI=1S/C18H25NO4S/c1-17-8-6-14-13-5-3-12(20)10-11(13)2-4-15(14)16(17)7-9-18(17,21)24(19,22)23/h3,5,10,14-16,20-21H,2,4,6-9H2,1H3,(H2,19,22,23)/t14-,15-,16+,17+,18+/m1/s1. The van der Waals surface area contributed by atoms with Crippen molar-refractivity contribution in [2.75, 3.05) is 0 Å². The molecule has 5 nitrogen and oxygen atoms in total. The van der Waals surface area contributed by atoms with Crippen molar-refractivity contribution >= 4 is 10.0 Å². The van der Waals surface area contributed by atoms with Crippen LogP contribution in [0.2, 0.25) is 0 Å². The Bertz CT molecular complexity index is 792. The fourth-order valence-corrected chi connectivity index (χ4v) is 7.32. The van der Waals surface area contributed by atoms with Gasteiger partial charge in [-0.05, 0) is 79.5 Å². The molecule has 1 aromatic carbocycles. The van der Waals surface area contributed by atoms with E-state index < -0.39 is 20.4 Å². The maximum Gasteiger partial charge on any atom is 0.239 e. The van der Waals surface area contributed by atoms with E-state index in [1.165, 1.54) is 11.1 Å². The molecule has 3 aliphatic carbocycles. The Hall–Kier alpha value is -1.11. The molecule has 2 fully saturated rings. The van der Waals surface area contributed by atoms with Crippen molar-refractivity contribution in [1.82, 2.24) is 0 Å². The van der Waals surface area contributed by atoms with E-state index in [2.05, 4.69) is 0 Å². The zero-order chi connectivity index (χ0) is 17.3. The van der Waals surface area contributed by atoms with Gasteiger partial charge in [0.25, 0.3) is 0 Å². The van der Waals surface area contributed by atoms with E-state index in [0.717, 1.165) is 19.3 Å². The molecule has 2 saturated carbocycles. The number of aryl methyl sites for hydroxylation is 1. The molecule has 5 atom stereocenters. The zero-order valence-corrected chi connectivity index (χ0v) is 14.7. The highest BCUT2D eigenvalue weighted by molar-refractivity contribution is 7.90. The second-order valence-corrected chi connectivity index (χ2v) is 9.89. The molecule has 0 amide bonds. The van der Waals surface area contributed by atoms with Crippen LogP contribution in [0.3, 0.4) is 0 Å². The van der Waals surface area contributed by atoms with E-state index in [9.17, 15) is 18.6 Å². The summed E-state index contributed by atoms with van der Waals surface area (Å²) in [6.07, 6.45) is 4.32. The summed E-state index contributed by atoms with van der Waals surface area (Å²) in [7, 11) is -4.01. The average molecular weight is 351 g/mol. The first-order valence-electron chi connectivity index (χ1n) is 8.74. The highest BCUT2D eigenvalue weighted by Crippen LogP contribution is 2.65. The van der Waals surface area contributed by atoms with Crippen LogP contribution < -0.4 is 5.14 Å². The predicted molar refractivity (Wildman–Crippen MR) is 90.8 cm³/mol. The van der Waals surface area contributed by atoms with Gasteiger partial charge >= 0.3 is 0 Å². The Morgan fingerprint density at radius 2 is 1.96 bits per heavy atom. The van der Waals surface area contributed by atoms with Crippen LogP contribution in [0, 0.1) is 17.3 Å². The Morgan fingerprint density at radius 1 is 1.21 bits per heavy atom. The number of fused-ring (bicyclic) bond motifs is 5. The summed E-state index contributed by atoms with van der Waals surface area (Å²) < 4.78 is 24.2. The van der Waals surface area contributed by atoms with Crippen molar-refractivity contribution in [3.05, 3.63) is 29.3 Å². The number of nitrogens with two attached hydrogens (primary N) is 1. The number of rotatable bonds is 1. The van der Waals surface area contributed by atoms with E-state index in [0.29, 0.717) is 30.4 Å². The van der Waals surface area contributed by atoms with Crippen LogP contribution in [0.15, 0.2) is 18.2 Å². The highest BCUT2D eigenvalue weighted by Gasteiger charge is 2.66. The first-order chi connectivity index (χ1) is 11.2. The lowest BCUT2D eigenvalue weighted by Crippen LogP contribution is -2.56. The van der Waals surface area contributed by atoms with Crippen LogP contribution in [0.1, 0.15) is 56.1 Å². The van der Waals surface area contributed by atoms with Gasteiger partial charge in [0, 0.05) is 5.41 Å².